The zero-order valence-corrected chi connectivity index (χ0v) is 11.3. The fourth-order valence-electron chi connectivity index (χ4n) is 1.43. The second-order valence-corrected chi connectivity index (χ2v) is 6.38. The minimum Gasteiger partial charge on any atom is -0.326 e. The van der Waals surface area contributed by atoms with Crippen molar-refractivity contribution in [1.29, 1.82) is 0 Å². The van der Waals surface area contributed by atoms with Gasteiger partial charge in [0.1, 0.15) is 0 Å². The van der Waals surface area contributed by atoms with E-state index in [1.165, 1.54) is 12.3 Å². The molecule has 5 heteroatoms. The summed E-state index contributed by atoms with van der Waals surface area (Å²) in [5.41, 5.74) is 1.25. The van der Waals surface area contributed by atoms with Gasteiger partial charge in [0.05, 0.1) is 4.90 Å². The van der Waals surface area contributed by atoms with Crippen LogP contribution in [0.25, 0.3) is 0 Å². The number of carbonyl (C=O) groups is 1. The third kappa shape index (κ3) is 3.56. The summed E-state index contributed by atoms with van der Waals surface area (Å²) in [6, 6.07) is 4.78. The first kappa shape index (κ1) is 13.7. The van der Waals surface area contributed by atoms with Gasteiger partial charge in [-0.15, -0.1) is 0 Å². The SMILES string of the molecule is Cc1cc(NC(=O)C(C)C)ccc1S(C)(=O)=O. The molecule has 0 fully saturated rings. The smallest absolute Gasteiger partial charge is 0.226 e. The summed E-state index contributed by atoms with van der Waals surface area (Å²) in [6.45, 7) is 5.31. The molecular formula is C12H17NO3S. The van der Waals surface area contributed by atoms with Crippen molar-refractivity contribution in [2.24, 2.45) is 5.92 Å². The Hall–Kier alpha value is -1.36. The summed E-state index contributed by atoms with van der Waals surface area (Å²) < 4.78 is 22.8. The molecule has 0 heterocycles. The van der Waals surface area contributed by atoms with Crippen LogP contribution >= 0.6 is 0 Å². The fraction of sp³-hybridized carbons (Fsp3) is 0.417. The van der Waals surface area contributed by atoms with E-state index in [-0.39, 0.29) is 11.8 Å². The lowest BCUT2D eigenvalue weighted by atomic mass is 10.2. The van der Waals surface area contributed by atoms with Gasteiger partial charge < -0.3 is 5.32 Å². The Balaban J connectivity index is 3.02. The van der Waals surface area contributed by atoms with Crippen LogP contribution in [0, 0.1) is 12.8 Å². The lowest BCUT2D eigenvalue weighted by molar-refractivity contribution is -0.118. The number of benzene rings is 1. The zero-order chi connectivity index (χ0) is 13.2. The molecule has 1 N–H and O–H groups in total. The molecule has 1 amide bonds. The van der Waals surface area contributed by atoms with Gasteiger partial charge in [-0.05, 0) is 30.7 Å². The van der Waals surface area contributed by atoms with Crippen molar-refractivity contribution in [3.05, 3.63) is 23.8 Å². The van der Waals surface area contributed by atoms with Crippen molar-refractivity contribution in [2.75, 3.05) is 11.6 Å². The number of nitrogens with one attached hydrogen (secondary N) is 1. The molecule has 0 aliphatic rings. The normalized spacial score (nSPS) is 11.6. The van der Waals surface area contributed by atoms with E-state index in [1.54, 1.807) is 32.9 Å². The summed E-state index contributed by atoms with van der Waals surface area (Å²) >= 11 is 0. The van der Waals surface area contributed by atoms with Crippen molar-refractivity contribution >= 4 is 21.4 Å². The van der Waals surface area contributed by atoms with Crippen molar-refractivity contribution in [2.45, 2.75) is 25.7 Å². The summed E-state index contributed by atoms with van der Waals surface area (Å²) in [5.74, 6) is -0.193. The summed E-state index contributed by atoms with van der Waals surface area (Å²) in [7, 11) is -3.21. The number of anilines is 1. The molecule has 0 aromatic heterocycles. The molecule has 0 unspecified atom stereocenters. The van der Waals surface area contributed by atoms with Gasteiger partial charge in [-0.1, -0.05) is 13.8 Å². The molecule has 0 saturated carbocycles. The third-order valence-corrected chi connectivity index (χ3v) is 3.62. The van der Waals surface area contributed by atoms with Crippen LogP contribution in [0.2, 0.25) is 0 Å². The van der Waals surface area contributed by atoms with E-state index in [0.717, 1.165) is 0 Å². The van der Waals surface area contributed by atoms with Gasteiger partial charge in [-0.2, -0.15) is 0 Å². The Morgan fingerprint density at radius 3 is 2.29 bits per heavy atom. The van der Waals surface area contributed by atoms with Gasteiger partial charge in [0.25, 0.3) is 0 Å². The van der Waals surface area contributed by atoms with Crippen LogP contribution in [0.5, 0.6) is 0 Å². The monoisotopic (exact) mass is 255 g/mol. The molecule has 0 bridgehead atoms. The molecule has 17 heavy (non-hydrogen) atoms. The predicted octanol–water partition coefficient (Wildman–Crippen LogP) is 1.99. The van der Waals surface area contributed by atoms with E-state index in [2.05, 4.69) is 5.32 Å². The third-order valence-electron chi connectivity index (χ3n) is 2.37. The second-order valence-electron chi connectivity index (χ2n) is 4.40. The van der Waals surface area contributed by atoms with Crippen LogP contribution in [-0.2, 0) is 14.6 Å². The molecule has 0 aliphatic carbocycles. The first-order chi connectivity index (χ1) is 7.71. The Kier molecular flexibility index (Phi) is 3.93. The van der Waals surface area contributed by atoms with Gasteiger partial charge in [-0.3, -0.25) is 4.79 Å². The van der Waals surface area contributed by atoms with E-state index in [0.29, 0.717) is 16.1 Å². The van der Waals surface area contributed by atoms with E-state index in [4.69, 9.17) is 0 Å². The van der Waals surface area contributed by atoms with Crippen LogP contribution in [0.15, 0.2) is 23.1 Å². The molecule has 94 valence electrons. The Labute approximate surface area is 102 Å². The zero-order valence-electron chi connectivity index (χ0n) is 10.4. The summed E-state index contributed by atoms with van der Waals surface area (Å²) in [6.07, 6.45) is 1.17. The maximum absolute atomic E-state index is 11.5. The van der Waals surface area contributed by atoms with Crippen LogP contribution in [-0.4, -0.2) is 20.6 Å². The van der Waals surface area contributed by atoms with Gasteiger partial charge in [-0.25, -0.2) is 8.42 Å². The van der Waals surface area contributed by atoms with Crippen LogP contribution in [0.3, 0.4) is 0 Å². The largest absolute Gasteiger partial charge is 0.326 e. The number of hydrogen-bond donors (Lipinski definition) is 1. The molecule has 0 aliphatic heterocycles. The van der Waals surface area contributed by atoms with Gasteiger partial charge >= 0.3 is 0 Å². The number of hydrogen-bond acceptors (Lipinski definition) is 3. The predicted molar refractivity (Wildman–Crippen MR) is 67.8 cm³/mol. The highest BCUT2D eigenvalue weighted by Gasteiger charge is 2.12. The quantitative estimate of drug-likeness (QED) is 0.898. The molecule has 0 spiro atoms. The molecule has 1 aromatic rings. The Bertz CT molecular complexity index is 533. The lowest BCUT2D eigenvalue weighted by Gasteiger charge is -2.10. The van der Waals surface area contributed by atoms with Gasteiger partial charge in [0.15, 0.2) is 9.84 Å². The maximum atomic E-state index is 11.5. The highest BCUT2D eigenvalue weighted by Crippen LogP contribution is 2.19. The number of rotatable bonds is 3. The molecule has 0 saturated heterocycles. The number of carbonyl (C=O) groups excluding carboxylic acids is 1. The van der Waals surface area contributed by atoms with Crippen molar-refractivity contribution in [3.63, 3.8) is 0 Å². The van der Waals surface area contributed by atoms with Crippen molar-refractivity contribution < 1.29 is 13.2 Å². The number of amides is 1. The minimum absolute atomic E-state index is 0.0866. The minimum atomic E-state index is -3.21. The average molecular weight is 255 g/mol. The number of aryl methyl sites for hydroxylation is 1. The van der Waals surface area contributed by atoms with Crippen LogP contribution in [0.1, 0.15) is 19.4 Å². The van der Waals surface area contributed by atoms with Crippen LogP contribution in [0.4, 0.5) is 5.69 Å². The van der Waals surface area contributed by atoms with E-state index in [1.807, 2.05) is 0 Å². The number of sulfone groups is 1. The lowest BCUT2D eigenvalue weighted by Crippen LogP contribution is -2.17. The van der Waals surface area contributed by atoms with E-state index in [9.17, 15) is 13.2 Å². The van der Waals surface area contributed by atoms with Gasteiger partial charge in [0, 0.05) is 17.9 Å². The standard InChI is InChI=1S/C12H17NO3S/c1-8(2)12(14)13-10-5-6-11(9(3)7-10)17(4,15)16/h5-8H,1-4H3,(H,13,14). The average Bonchev–Trinajstić information content (AvgIpc) is 2.15. The topological polar surface area (TPSA) is 63.2 Å². The molecule has 0 radical (unpaired) electrons. The summed E-state index contributed by atoms with van der Waals surface area (Å²) in [4.78, 5) is 11.8. The first-order valence-electron chi connectivity index (χ1n) is 5.33. The second kappa shape index (κ2) is 4.87. The Morgan fingerprint density at radius 1 is 1.29 bits per heavy atom. The fourth-order valence-corrected chi connectivity index (χ4v) is 2.39. The molecule has 4 nitrogen and oxygen atoms in total. The van der Waals surface area contributed by atoms with Gasteiger partial charge in [0.2, 0.25) is 5.91 Å². The van der Waals surface area contributed by atoms with E-state index < -0.39 is 9.84 Å². The maximum Gasteiger partial charge on any atom is 0.226 e. The summed E-state index contributed by atoms with van der Waals surface area (Å²) in [5, 5.41) is 2.73. The molecular weight excluding hydrogens is 238 g/mol. The van der Waals surface area contributed by atoms with Crippen molar-refractivity contribution in [3.8, 4) is 0 Å². The van der Waals surface area contributed by atoms with E-state index >= 15 is 0 Å². The highest BCUT2D eigenvalue weighted by atomic mass is 32.2. The molecule has 1 aromatic carbocycles. The molecule has 0 atom stereocenters. The first-order valence-corrected chi connectivity index (χ1v) is 7.22. The Morgan fingerprint density at radius 2 is 1.88 bits per heavy atom. The molecule has 1 rings (SSSR count). The van der Waals surface area contributed by atoms with Crippen molar-refractivity contribution in [1.82, 2.24) is 0 Å². The van der Waals surface area contributed by atoms with Crippen LogP contribution < -0.4 is 5.32 Å². The highest BCUT2D eigenvalue weighted by molar-refractivity contribution is 7.90.